The SMILES string of the molecule is C[CH2][Sn]([CH2]C)([CH2]C)[C](C)=O. The number of hydrogen-bond donors (Lipinski definition) is 0. The van der Waals surface area contributed by atoms with Crippen molar-refractivity contribution in [3.8, 4) is 0 Å². The predicted octanol–water partition coefficient (Wildman–Crippen LogP) is 2.62. The molecule has 1 nitrogen and oxygen atoms in total. The fourth-order valence-corrected chi connectivity index (χ4v) is 10.0. The standard InChI is InChI=1S/C2H3O.3C2H5.Sn/c1-2-3;3*1-2;/h1H3;3*1H2,2H3;. The first-order valence-electron chi connectivity index (χ1n) is 4.14. The predicted molar refractivity (Wildman–Crippen MR) is 47.9 cm³/mol. The van der Waals surface area contributed by atoms with E-state index >= 15 is 0 Å². The summed E-state index contributed by atoms with van der Waals surface area (Å²) in [7, 11) is 0. The van der Waals surface area contributed by atoms with Gasteiger partial charge in [-0.2, -0.15) is 0 Å². The van der Waals surface area contributed by atoms with Gasteiger partial charge < -0.3 is 0 Å². The third-order valence-electron chi connectivity index (χ3n) is 2.78. The van der Waals surface area contributed by atoms with Crippen LogP contribution in [0.15, 0.2) is 0 Å². The van der Waals surface area contributed by atoms with Crippen LogP contribution in [0, 0.1) is 0 Å². The van der Waals surface area contributed by atoms with Crippen molar-refractivity contribution in [1.29, 1.82) is 0 Å². The van der Waals surface area contributed by atoms with E-state index in [0.717, 1.165) is 0 Å². The molecule has 0 aliphatic carbocycles. The van der Waals surface area contributed by atoms with E-state index in [-0.39, 0.29) is 0 Å². The van der Waals surface area contributed by atoms with E-state index in [1.54, 1.807) is 6.92 Å². The van der Waals surface area contributed by atoms with E-state index < -0.39 is 18.4 Å². The van der Waals surface area contributed by atoms with Gasteiger partial charge in [0, 0.05) is 0 Å². The summed E-state index contributed by atoms with van der Waals surface area (Å²) in [6, 6.07) is 0. The quantitative estimate of drug-likeness (QED) is 0.700. The molecule has 0 unspecified atom stereocenters. The summed E-state index contributed by atoms with van der Waals surface area (Å²) in [4.78, 5) is 11.3. The van der Waals surface area contributed by atoms with Crippen LogP contribution in [0.1, 0.15) is 27.7 Å². The van der Waals surface area contributed by atoms with E-state index in [1.165, 1.54) is 13.3 Å². The van der Waals surface area contributed by atoms with Crippen molar-refractivity contribution < 1.29 is 4.79 Å². The Balaban J connectivity index is 4.31. The van der Waals surface area contributed by atoms with Gasteiger partial charge in [0.1, 0.15) is 0 Å². The minimum absolute atomic E-state index is 0.557. The van der Waals surface area contributed by atoms with Crippen LogP contribution >= 0.6 is 0 Å². The maximum atomic E-state index is 11.3. The molecule has 0 aromatic rings. The zero-order valence-corrected chi connectivity index (χ0v) is 10.4. The maximum absolute atomic E-state index is 11.3. The summed E-state index contributed by atoms with van der Waals surface area (Å²) in [6.07, 6.45) is 0. The van der Waals surface area contributed by atoms with Crippen molar-refractivity contribution in [2.24, 2.45) is 0 Å². The second kappa shape index (κ2) is 4.37. The molecule has 0 aliphatic heterocycles. The third-order valence-corrected chi connectivity index (χ3v) is 18.6. The number of rotatable bonds is 4. The van der Waals surface area contributed by atoms with Gasteiger partial charge in [0.25, 0.3) is 0 Å². The van der Waals surface area contributed by atoms with Crippen molar-refractivity contribution in [2.45, 2.75) is 41.0 Å². The summed E-state index contributed by atoms with van der Waals surface area (Å²) in [6.45, 7) is 8.35. The number of hydrogen-bond acceptors (Lipinski definition) is 1. The molecule has 0 amide bonds. The summed E-state index contributed by atoms with van der Waals surface area (Å²) < 4.78 is 4.13. The Bertz CT molecular complexity index is 108. The van der Waals surface area contributed by atoms with E-state index in [2.05, 4.69) is 20.8 Å². The first-order chi connectivity index (χ1) is 4.63. The van der Waals surface area contributed by atoms with Gasteiger partial charge >= 0.3 is 68.0 Å². The Morgan fingerprint density at radius 2 is 1.40 bits per heavy atom. The molecular weight excluding hydrogens is 231 g/mol. The molecule has 0 saturated heterocycles. The average Bonchev–Trinajstić information content (AvgIpc) is 1.92. The van der Waals surface area contributed by atoms with E-state index in [1.807, 2.05) is 0 Å². The van der Waals surface area contributed by atoms with Gasteiger partial charge in [-0.15, -0.1) is 0 Å². The molecule has 0 saturated carbocycles. The van der Waals surface area contributed by atoms with Gasteiger partial charge in [-0.1, -0.05) is 0 Å². The minimum atomic E-state index is -2.16. The monoisotopic (exact) mass is 250 g/mol. The Morgan fingerprint density at radius 3 is 1.40 bits per heavy atom. The molecule has 0 rings (SSSR count). The molecule has 0 bridgehead atoms. The van der Waals surface area contributed by atoms with Gasteiger partial charge in [0.2, 0.25) is 0 Å². The molecule has 0 aromatic heterocycles. The van der Waals surface area contributed by atoms with Crippen molar-refractivity contribution in [3.05, 3.63) is 0 Å². The number of carbonyl (C=O) groups is 1. The Hall–Kier alpha value is 0.469. The van der Waals surface area contributed by atoms with Crippen LogP contribution in [-0.2, 0) is 4.79 Å². The van der Waals surface area contributed by atoms with Crippen LogP contribution in [0.25, 0.3) is 0 Å². The average molecular weight is 249 g/mol. The Morgan fingerprint density at radius 1 is 1.10 bits per heavy atom. The first-order valence-corrected chi connectivity index (χ1v) is 11.6. The van der Waals surface area contributed by atoms with Crippen molar-refractivity contribution in [1.82, 2.24) is 0 Å². The molecule has 0 radical (unpaired) electrons. The molecule has 0 atom stereocenters. The van der Waals surface area contributed by atoms with Crippen LogP contribution in [0.3, 0.4) is 0 Å². The summed E-state index contributed by atoms with van der Waals surface area (Å²) in [5.74, 6) is 0. The van der Waals surface area contributed by atoms with Crippen LogP contribution in [-0.4, -0.2) is 22.2 Å². The zero-order chi connectivity index (χ0) is 8.20. The van der Waals surface area contributed by atoms with Crippen molar-refractivity contribution in [3.63, 3.8) is 0 Å². The van der Waals surface area contributed by atoms with Crippen molar-refractivity contribution >= 4 is 22.2 Å². The van der Waals surface area contributed by atoms with E-state index in [0.29, 0.717) is 3.80 Å². The molecule has 10 heavy (non-hydrogen) atoms. The molecule has 0 aromatic carbocycles. The summed E-state index contributed by atoms with van der Waals surface area (Å²) in [5, 5.41) is 0. The van der Waals surface area contributed by atoms with Gasteiger partial charge in [-0.25, -0.2) is 0 Å². The van der Waals surface area contributed by atoms with Gasteiger partial charge in [-0.05, 0) is 0 Å². The van der Waals surface area contributed by atoms with Crippen LogP contribution < -0.4 is 0 Å². The third kappa shape index (κ3) is 1.97. The van der Waals surface area contributed by atoms with Crippen LogP contribution in [0.5, 0.6) is 0 Å². The second-order valence-electron chi connectivity index (χ2n) is 2.90. The topological polar surface area (TPSA) is 17.1 Å². The normalized spacial score (nSPS) is 11.6. The molecular formula is C8H18OSn. The molecule has 0 heterocycles. The fourth-order valence-electron chi connectivity index (χ4n) is 1.50. The molecule has 2 heteroatoms. The number of carbonyl (C=O) groups excluding carboxylic acids is 1. The van der Waals surface area contributed by atoms with Crippen LogP contribution in [0.4, 0.5) is 0 Å². The Labute approximate surface area is 68.1 Å². The van der Waals surface area contributed by atoms with Gasteiger partial charge in [0.15, 0.2) is 0 Å². The van der Waals surface area contributed by atoms with Gasteiger partial charge in [0.05, 0.1) is 0 Å². The molecule has 0 fully saturated rings. The van der Waals surface area contributed by atoms with E-state index in [9.17, 15) is 4.79 Å². The van der Waals surface area contributed by atoms with Crippen molar-refractivity contribution in [2.75, 3.05) is 0 Å². The fraction of sp³-hybridized carbons (Fsp3) is 0.875. The summed E-state index contributed by atoms with van der Waals surface area (Å²) in [5.41, 5.74) is 0. The Kier molecular flexibility index (Phi) is 4.57. The van der Waals surface area contributed by atoms with Crippen LogP contribution in [0.2, 0.25) is 13.3 Å². The zero-order valence-electron chi connectivity index (χ0n) is 7.53. The van der Waals surface area contributed by atoms with E-state index in [4.69, 9.17) is 0 Å². The molecule has 0 spiro atoms. The summed E-state index contributed by atoms with van der Waals surface area (Å²) >= 11 is -2.16. The first kappa shape index (κ1) is 10.5. The molecule has 0 aliphatic rings. The molecule has 0 N–H and O–H groups in total. The second-order valence-corrected chi connectivity index (χ2v) is 18.3. The molecule has 60 valence electrons. The van der Waals surface area contributed by atoms with Gasteiger partial charge in [-0.3, -0.25) is 0 Å².